The minimum atomic E-state index is -1.20. The van der Waals surface area contributed by atoms with Gasteiger partial charge in [0.05, 0.1) is 11.4 Å². The van der Waals surface area contributed by atoms with Gasteiger partial charge in [0, 0.05) is 28.4 Å². The van der Waals surface area contributed by atoms with E-state index in [1.807, 2.05) is 35.9 Å². The van der Waals surface area contributed by atoms with Gasteiger partial charge in [0.15, 0.2) is 16.6 Å². The third kappa shape index (κ3) is 3.45. The van der Waals surface area contributed by atoms with Crippen LogP contribution in [0.5, 0.6) is 0 Å². The van der Waals surface area contributed by atoms with Crippen molar-refractivity contribution < 1.29 is 14.3 Å². The van der Waals surface area contributed by atoms with Crippen LogP contribution in [0.3, 0.4) is 0 Å². The van der Waals surface area contributed by atoms with Gasteiger partial charge in [0.1, 0.15) is 6.33 Å². The van der Waals surface area contributed by atoms with Gasteiger partial charge in [-0.25, -0.2) is 9.97 Å². The molecular formula is C20H15ClN2O3S2. The molecule has 0 radical (unpaired) electrons. The number of hydrogen-bond acceptors (Lipinski definition) is 7. The standard InChI is InChI=1S/C20H15ClN2O3S2/c1-12-2-3-17(15(21)6-12)28-18-16(24)7-20(26-19(18)25,13-4-5-27-10-13)14-8-22-11-23-9-14/h2-6,8-11,18H,7H2,1H3. The van der Waals surface area contributed by atoms with Gasteiger partial charge in [-0.3, -0.25) is 9.59 Å². The maximum atomic E-state index is 13.1. The van der Waals surface area contributed by atoms with Crippen molar-refractivity contribution in [3.8, 4) is 0 Å². The smallest absolute Gasteiger partial charge is 0.328 e. The highest BCUT2D eigenvalue weighted by Gasteiger charge is 2.50. The van der Waals surface area contributed by atoms with Crippen LogP contribution in [0.25, 0.3) is 0 Å². The van der Waals surface area contributed by atoms with E-state index < -0.39 is 16.8 Å². The average Bonchev–Trinajstić information content (AvgIpc) is 3.22. The van der Waals surface area contributed by atoms with E-state index in [1.54, 1.807) is 18.5 Å². The van der Waals surface area contributed by atoms with Crippen molar-refractivity contribution in [1.29, 1.82) is 0 Å². The molecule has 3 aromatic rings. The summed E-state index contributed by atoms with van der Waals surface area (Å²) in [4.78, 5) is 34.7. The van der Waals surface area contributed by atoms with Gasteiger partial charge in [0.25, 0.3) is 0 Å². The zero-order chi connectivity index (χ0) is 19.7. The topological polar surface area (TPSA) is 69.2 Å². The van der Waals surface area contributed by atoms with E-state index in [0.29, 0.717) is 15.5 Å². The summed E-state index contributed by atoms with van der Waals surface area (Å²) in [5.74, 6) is -0.805. The summed E-state index contributed by atoms with van der Waals surface area (Å²) < 4.78 is 5.93. The van der Waals surface area contributed by atoms with Crippen LogP contribution in [-0.2, 0) is 19.9 Å². The van der Waals surface area contributed by atoms with Crippen LogP contribution in [0.4, 0.5) is 0 Å². The molecule has 1 fully saturated rings. The molecule has 0 spiro atoms. The first kappa shape index (κ1) is 19.1. The fourth-order valence-corrected chi connectivity index (χ4v) is 5.18. The van der Waals surface area contributed by atoms with E-state index in [0.717, 1.165) is 22.9 Å². The number of carbonyl (C=O) groups is 2. The SMILES string of the molecule is Cc1ccc(SC2C(=O)CC(c3cncnc3)(c3ccsc3)OC2=O)c(Cl)c1. The summed E-state index contributed by atoms with van der Waals surface area (Å²) in [5, 5.41) is 3.30. The number of thioether (sulfide) groups is 1. The molecule has 2 atom stereocenters. The number of ether oxygens (including phenoxy) is 1. The largest absolute Gasteiger partial charge is 0.447 e. The molecule has 0 N–H and O–H groups in total. The Balaban J connectivity index is 1.68. The van der Waals surface area contributed by atoms with Gasteiger partial charge >= 0.3 is 5.97 Å². The van der Waals surface area contributed by atoms with Gasteiger partial charge in [-0.05, 0) is 41.4 Å². The van der Waals surface area contributed by atoms with Crippen LogP contribution in [0, 0.1) is 6.92 Å². The molecule has 1 saturated heterocycles. The molecule has 1 aliphatic heterocycles. The Morgan fingerprint density at radius 1 is 1.21 bits per heavy atom. The second kappa shape index (κ2) is 7.66. The van der Waals surface area contributed by atoms with E-state index >= 15 is 0 Å². The lowest BCUT2D eigenvalue weighted by molar-refractivity contribution is -0.165. The van der Waals surface area contributed by atoms with E-state index in [1.165, 1.54) is 17.7 Å². The number of hydrogen-bond donors (Lipinski definition) is 0. The molecule has 8 heteroatoms. The van der Waals surface area contributed by atoms with Crippen LogP contribution in [0.15, 0.2) is 58.6 Å². The van der Waals surface area contributed by atoms with Gasteiger partial charge in [-0.15, -0.1) is 11.8 Å². The number of halogens is 1. The van der Waals surface area contributed by atoms with Gasteiger partial charge in [0.2, 0.25) is 0 Å². The Morgan fingerprint density at radius 3 is 2.64 bits per heavy atom. The number of carbonyl (C=O) groups excluding carboxylic acids is 2. The number of cyclic esters (lactones) is 1. The summed E-state index contributed by atoms with van der Waals surface area (Å²) in [6, 6.07) is 7.36. The maximum absolute atomic E-state index is 13.1. The van der Waals surface area contributed by atoms with Crippen LogP contribution < -0.4 is 0 Å². The lowest BCUT2D eigenvalue weighted by Gasteiger charge is -2.38. The van der Waals surface area contributed by atoms with Crippen LogP contribution in [0.1, 0.15) is 23.1 Å². The zero-order valence-electron chi connectivity index (χ0n) is 14.8. The fourth-order valence-electron chi connectivity index (χ4n) is 3.16. The summed E-state index contributed by atoms with van der Waals surface area (Å²) in [7, 11) is 0. The van der Waals surface area contributed by atoms with Crippen molar-refractivity contribution in [1.82, 2.24) is 9.97 Å². The van der Waals surface area contributed by atoms with E-state index in [2.05, 4.69) is 9.97 Å². The summed E-state index contributed by atoms with van der Waals surface area (Å²) in [6.45, 7) is 1.93. The number of rotatable bonds is 4. The predicted octanol–water partition coefficient (Wildman–Crippen LogP) is 4.42. The van der Waals surface area contributed by atoms with Gasteiger partial charge < -0.3 is 4.74 Å². The lowest BCUT2D eigenvalue weighted by atomic mass is 9.82. The number of ketones is 1. The summed E-state index contributed by atoms with van der Waals surface area (Å²) in [6.07, 6.45) is 4.57. The monoisotopic (exact) mass is 430 g/mol. The average molecular weight is 431 g/mol. The Labute approximate surface area is 175 Å². The minimum Gasteiger partial charge on any atom is -0.447 e. The van der Waals surface area contributed by atoms with E-state index in [4.69, 9.17) is 16.3 Å². The molecule has 142 valence electrons. The first-order valence-electron chi connectivity index (χ1n) is 8.46. The molecule has 1 aromatic carbocycles. The van der Waals surface area contributed by atoms with Gasteiger partial charge in [-0.2, -0.15) is 11.3 Å². The molecule has 2 aromatic heterocycles. The molecule has 28 heavy (non-hydrogen) atoms. The fraction of sp³-hybridized carbons (Fsp3) is 0.200. The Kier molecular flexibility index (Phi) is 5.23. The number of esters is 1. The molecule has 0 amide bonds. The number of Topliss-reactive ketones (excluding diaryl/α,β-unsaturated/α-hetero) is 1. The maximum Gasteiger partial charge on any atom is 0.328 e. The van der Waals surface area contributed by atoms with Crippen LogP contribution in [-0.4, -0.2) is 27.0 Å². The van der Waals surface area contributed by atoms with Crippen molar-refractivity contribution in [3.05, 3.63) is 75.5 Å². The highest BCUT2D eigenvalue weighted by Crippen LogP contribution is 2.44. The first-order chi connectivity index (χ1) is 13.5. The molecule has 0 bridgehead atoms. The second-order valence-corrected chi connectivity index (χ2v) is 8.80. The highest BCUT2D eigenvalue weighted by atomic mass is 35.5. The molecule has 3 heterocycles. The minimum absolute atomic E-state index is 0.0179. The molecule has 2 unspecified atom stereocenters. The van der Waals surface area contributed by atoms with Crippen LogP contribution in [0.2, 0.25) is 5.02 Å². The molecule has 0 aliphatic carbocycles. The van der Waals surface area contributed by atoms with Gasteiger partial charge in [-0.1, -0.05) is 17.7 Å². The van der Waals surface area contributed by atoms with E-state index in [9.17, 15) is 9.59 Å². The van der Waals surface area contributed by atoms with Crippen LogP contribution >= 0.6 is 34.7 Å². The molecule has 4 rings (SSSR count). The lowest BCUT2D eigenvalue weighted by Crippen LogP contribution is -2.47. The van der Waals surface area contributed by atoms with E-state index in [-0.39, 0.29) is 12.2 Å². The van der Waals surface area contributed by atoms with Crippen molar-refractivity contribution in [2.45, 2.75) is 29.1 Å². The third-order valence-corrected chi connectivity index (χ3v) is 6.96. The number of benzene rings is 1. The second-order valence-electron chi connectivity index (χ2n) is 6.46. The van der Waals surface area contributed by atoms with Crippen molar-refractivity contribution in [2.24, 2.45) is 0 Å². The predicted molar refractivity (Wildman–Crippen MR) is 109 cm³/mol. The third-order valence-electron chi connectivity index (χ3n) is 4.55. The van der Waals surface area contributed by atoms with Crippen molar-refractivity contribution in [3.63, 3.8) is 0 Å². The first-order valence-corrected chi connectivity index (χ1v) is 10.7. The Hall–Kier alpha value is -2.22. The number of aryl methyl sites for hydroxylation is 1. The summed E-state index contributed by atoms with van der Waals surface area (Å²) >= 11 is 8.87. The molecule has 0 saturated carbocycles. The molecule has 1 aliphatic rings. The normalized spacial score (nSPS) is 22.1. The Bertz CT molecular complexity index is 1010. The quantitative estimate of drug-likeness (QED) is 0.450. The number of thiophene rings is 1. The summed E-state index contributed by atoms with van der Waals surface area (Å²) in [5.41, 5.74) is 1.12. The van der Waals surface area contributed by atoms with Crippen molar-refractivity contribution in [2.75, 3.05) is 0 Å². The zero-order valence-corrected chi connectivity index (χ0v) is 17.2. The highest BCUT2D eigenvalue weighted by molar-refractivity contribution is 8.01. The van der Waals surface area contributed by atoms with Crippen molar-refractivity contribution >= 4 is 46.5 Å². The Morgan fingerprint density at radius 2 is 2.00 bits per heavy atom. The molecule has 5 nitrogen and oxygen atoms in total. The molecular weight excluding hydrogens is 416 g/mol. The number of aromatic nitrogens is 2. The number of nitrogens with zero attached hydrogens (tertiary/aromatic N) is 2.